The summed E-state index contributed by atoms with van der Waals surface area (Å²) < 4.78 is 21.7. The molecule has 0 spiro atoms. The highest BCUT2D eigenvalue weighted by molar-refractivity contribution is 4.65. The number of piperidine rings is 1. The first kappa shape index (κ1) is 9.17. The summed E-state index contributed by atoms with van der Waals surface area (Å²) in [5, 5.41) is 0. The molecule has 0 atom stereocenters. The van der Waals surface area contributed by atoms with Crippen LogP contribution in [0, 0.1) is 0 Å². The van der Waals surface area contributed by atoms with E-state index in [4.69, 9.17) is 7.48 Å². The first-order chi connectivity index (χ1) is 7.31. The van der Waals surface area contributed by atoms with Crippen LogP contribution >= 0.6 is 0 Å². The average Bonchev–Trinajstić information content (AvgIpc) is 2.17. The molecule has 1 rings (SSSR count). The summed E-state index contributed by atoms with van der Waals surface area (Å²) in [7, 11) is 0. The SMILES string of the molecule is [2H]C([2H])(CCOC(C)(C)C)N1CCCCC1. The molecule has 1 saturated heterocycles. The van der Waals surface area contributed by atoms with E-state index in [1.165, 1.54) is 6.42 Å². The van der Waals surface area contributed by atoms with Crippen LogP contribution in [0.5, 0.6) is 0 Å². The van der Waals surface area contributed by atoms with Crippen LogP contribution in [0.4, 0.5) is 0 Å². The average molecular weight is 201 g/mol. The number of hydrogen-bond acceptors (Lipinski definition) is 2. The standard InChI is InChI=1S/C12H25NO/c1-12(2,3)14-11-7-10-13-8-5-4-6-9-13/h4-11H2,1-3H3/i10D2. The monoisotopic (exact) mass is 201 g/mol. The fourth-order valence-electron chi connectivity index (χ4n) is 1.61. The zero-order valence-corrected chi connectivity index (χ0v) is 9.81. The molecule has 0 aliphatic carbocycles. The van der Waals surface area contributed by atoms with Gasteiger partial charge in [-0.2, -0.15) is 0 Å². The molecule has 1 aliphatic rings. The van der Waals surface area contributed by atoms with Crippen molar-refractivity contribution in [2.24, 2.45) is 0 Å². The molecular formula is C12H25NO. The molecule has 0 bridgehead atoms. The van der Waals surface area contributed by atoms with E-state index in [9.17, 15) is 0 Å². The number of nitrogens with zero attached hydrogens (tertiary/aromatic N) is 1. The minimum atomic E-state index is -1.20. The molecule has 2 heteroatoms. The lowest BCUT2D eigenvalue weighted by Crippen LogP contribution is -2.31. The molecule has 0 aromatic carbocycles. The van der Waals surface area contributed by atoms with Crippen LogP contribution < -0.4 is 0 Å². The van der Waals surface area contributed by atoms with Gasteiger partial charge in [-0.15, -0.1) is 0 Å². The zero-order chi connectivity index (χ0) is 12.2. The molecule has 14 heavy (non-hydrogen) atoms. The smallest absolute Gasteiger partial charge is 0.0598 e. The van der Waals surface area contributed by atoms with Crippen LogP contribution in [0.2, 0.25) is 0 Å². The van der Waals surface area contributed by atoms with Crippen molar-refractivity contribution in [3.63, 3.8) is 0 Å². The van der Waals surface area contributed by atoms with Crippen LogP contribution in [0.1, 0.15) is 49.2 Å². The van der Waals surface area contributed by atoms with E-state index in [0.29, 0.717) is 13.0 Å². The van der Waals surface area contributed by atoms with Gasteiger partial charge in [0.25, 0.3) is 0 Å². The summed E-state index contributed by atoms with van der Waals surface area (Å²) in [5.74, 6) is 0. The van der Waals surface area contributed by atoms with Crippen LogP contribution in [0.25, 0.3) is 0 Å². The van der Waals surface area contributed by atoms with Gasteiger partial charge in [0.05, 0.1) is 5.60 Å². The molecular weight excluding hydrogens is 174 g/mol. The molecule has 0 N–H and O–H groups in total. The topological polar surface area (TPSA) is 12.5 Å². The van der Waals surface area contributed by atoms with Crippen LogP contribution in [-0.4, -0.2) is 36.7 Å². The highest BCUT2D eigenvalue weighted by Crippen LogP contribution is 2.10. The van der Waals surface area contributed by atoms with Gasteiger partial charge < -0.3 is 9.64 Å². The van der Waals surface area contributed by atoms with E-state index >= 15 is 0 Å². The molecule has 0 saturated carbocycles. The van der Waals surface area contributed by atoms with Gasteiger partial charge in [0, 0.05) is 15.8 Å². The summed E-state index contributed by atoms with van der Waals surface area (Å²) in [6.45, 7) is 7.08. The second-order valence-electron chi connectivity index (χ2n) is 4.92. The van der Waals surface area contributed by atoms with Crippen molar-refractivity contribution in [1.29, 1.82) is 0 Å². The second kappa shape index (κ2) is 5.72. The molecule has 0 aromatic heterocycles. The minimum absolute atomic E-state index is 0.169. The third kappa shape index (κ3) is 5.61. The Morgan fingerprint density at radius 1 is 1.21 bits per heavy atom. The Morgan fingerprint density at radius 2 is 1.86 bits per heavy atom. The van der Waals surface area contributed by atoms with Crippen molar-refractivity contribution in [1.82, 2.24) is 4.90 Å². The zero-order valence-electron chi connectivity index (χ0n) is 11.8. The van der Waals surface area contributed by atoms with Gasteiger partial charge in [0.2, 0.25) is 0 Å². The van der Waals surface area contributed by atoms with E-state index in [2.05, 4.69) is 0 Å². The molecule has 1 aliphatic heterocycles. The van der Waals surface area contributed by atoms with E-state index in [0.717, 1.165) is 25.9 Å². The fourth-order valence-corrected chi connectivity index (χ4v) is 1.61. The summed E-state index contributed by atoms with van der Waals surface area (Å²) in [4.78, 5) is 1.96. The van der Waals surface area contributed by atoms with Gasteiger partial charge in [-0.1, -0.05) is 6.42 Å². The Morgan fingerprint density at radius 3 is 2.43 bits per heavy atom. The van der Waals surface area contributed by atoms with Gasteiger partial charge in [0.15, 0.2) is 0 Å². The van der Waals surface area contributed by atoms with E-state index in [-0.39, 0.29) is 5.60 Å². The summed E-state index contributed by atoms with van der Waals surface area (Å²) in [5.41, 5.74) is -0.169. The van der Waals surface area contributed by atoms with Crippen molar-refractivity contribution in [3.05, 3.63) is 0 Å². The maximum absolute atomic E-state index is 8.04. The summed E-state index contributed by atoms with van der Waals surface area (Å²) >= 11 is 0. The predicted molar refractivity (Wildman–Crippen MR) is 60.6 cm³/mol. The summed E-state index contributed by atoms with van der Waals surface area (Å²) in [6.07, 6.45) is 3.95. The maximum atomic E-state index is 8.04. The third-order valence-corrected chi connectivity index (χ3v) is 2.33. The molecule has 0 unspecified atom stereocenters. The van der Waals surface area contributed by atoms with Crippen molar-refractivity contribution in [3.8, 4) is 0 Å². The van der Waals surface area contributed by atoms with Crippen molar-refractivity contribution in [2.45, 2.75) is 52.1 Å². The van der Waals surface area contributed by atoms with Crippen LogP contribution in [-0.2, 0) is 4.74 Å². The van der Waals surface area contributed by atoms with E-state index in [1.54, 1.807) is 0 Å². The lowest BCUT2D eigenvalue weighted by atomic mass is 10.1. The quantitative estimate of drug-likeness (QED) is 0.693. The van der Waals surface area contributed by atoms with E-state index in [1.807, 2.05) is 25.7 Å². The highest BCUT2D eigenvalue weighted by atomic mass is 16.5. The Bertz CT molecular complexity index is 208. The van der Waals surface area contributed by atoms with Crippen molar-refractivity contribution >= 4 is 0 Å². The largest absolute Gasteiger partial charge is 0.376 e. The maximum Gasteiger partial charge on any atom is 0.0598 e. The molecule has 84 valence electrons. The van der Waals surface area contributed by atoms with Crippen molar-refractivity contribution in [2.75, 3.05) is 26.2 Å². The third-order valence-electron chi connectivity index (χ3n) is 2.33. The lowest BCUT2D eigenvalue weighted by molar-refractivity contribution is -0.00737. The Balaban J connectivity index is 2.32. The molecule has 0 radical (unpaired) electrons. The molecule has 0 aromatic rings. The van der Waals surface area contributed by atoms with Gasteiger partial charge in [-0.3, -0.25) is 0 Å². The van der Waals surface area contributed by atoms with E-state index < -0.39 is 6.50 Å². The first-order valence-electron chi connectivity index (χ1n) is 6.70. The minimum Gasteiger partial charge on any atom is -0.376 e. The number of ether oxygens (including phenoxy) is 1. The number of likely N-dealkylation sites (tertiary alicyclic amines) is 1. The lowest BCUT2D eigenvalue weighted by Gasteiger charge is -2.27. The van der Waals surface area contributed by atoms with Crippen LogP contribution in [0.15, 0.2) is 0 Å². The van der Waals surface area contributed by atoms with Gasteiger partial charge in [0.1, 0.15) is 0 Å². The van der Waals surface area contributed by atoms with Crippen LogP contribution in [0.3, 0.4) is 0 Å². The normalized spacial score (nSPS) is 23.1. The number of hydrogen-bond donors (Lipinski definition) is 0. The second-order valence-corrected chi connectivity index (χ2v) is 4.92. The molecule has 1 fully saturated rings. The van der Waals surface area contributed by atoms with Gasteiger partial charge in [-0.05, 0) is 53.1 Å². The highest BCUT2D eigenvalue weighted by Gasteiger charge is 2.11. The molecule has 2 nitrogen and oxygen atoms in total. The molecule has 1 heterocycles. The predicted octanol–water partition coefficient (Wildman–Crippen LogP) is 2.68. The van der Waals surface area contributed by atoms with Crippen molar-refractivity contribution < 1.29 is 7.48 Å². The Kier molecular flexibility index (Phi) is 3.74. The van der Waals surface area contributed by atoms with Gasteiger partial charge >= 0.3 is 0 Å². The first-order valence-corrected chi connectivity index (χ1v) is 5.70. The fraction of sp³-hybridized carbons (Fsp3) is 1.00. The Hall–Kier alpha value is -0.0800. The number of rotatable bonds is 4. The molecule has 0 amide bonds. The summed E-state index contributed by atoms with van der Waals surface area (Å²) in [6, 6.07) is 0. The Labute approximate surface area is 91.4 Å². The van der Waals surface area contributed by atoms with Gasteiger partial charge in [-0.25, -0.2) is 0 Å².